The van der Waals surface area contributed by atoms with Crippen LogP contribution in [0.3, 0.4) is 0 Å². The van der Waals surface area contributed by atoms with Crippen molar-refractivity contribution in [3.05, 3.63) is 0 Å². The molecule has 1 aliphatic heterocycles. The third-order valence-electron chi connectivity index (χ3n) is 2.26. The van der Waals surface area contributed by atoms with Gasteiger partial charge in [0.2, 0.25) is 0 Å². The molecule has 1 N–H and O–H groups in total. The summed E-state index contributed by atoms with van der Waals surface area (Å²) in [5, 5.41) is 14.5. The first-order chi connectivity index (χ1) is 4.84. The van der Waals surface area contributed by atoms with Gasteiger partial charge in [-0.1, -0.05) is 13.3 Å². The maximum absolute atomic E-state index is 11.2. The van der Waals surface area contributed by atoms with Crippen molar-refractivity contribution in [1.29, 1.82) is 0 Å². The van der Waals surface area contributed by atoms with E-state index >= 15 is 0 Å². The van der Waals surface area contributed by atoms with E-state index in [2.05, 4.69) is 5.32 Å². The van der Waals surface area contributed by atoms with Gasteiger partial charge in [0.15, 0.2) is 0 Å². The zero-order valence-electron chi connectivity index (χ0n) is 7.60. The molecule has 2 atom stereocenters. The molecule has 1 fully saturated rings. The monoisotopic (exact) mass is 165 g/mol. The van der Waals surface area contributed by atoms with Crippen molar-refractivity contribution in [2.45, 2.75) is 32.3 Å². The Balaban J connectivity index is 0.000001000. The zero-order valence-corrected chi connectivity index (χ0v) is 9.60. The van der Waals surface area contributed by atoms with Crippen molar-refractivity contribution in [2.75, 3.05) is 13.1 Å². The van der Waals surface area contributed by atoms with E-state index in [0.717, 1.165) is 25.9 Å². The maximum atomic E-state index is 11.2. The molecule has 0 radical (unpaired) electrons. The molecule has 0 aromatic carbocycles. The van der Waals surface area contributed by atoms with Crippen LogP contribution in [0.1, 0.15) is 26.2 Å². The second-order valence-corrected chi connectivity index (χ2v) is 3.05. The fraction of sp³-hybridized carbons (Fsp3) is 1.00. The van der Waals surface area contributed by atoms with Crippen molar-refractivity contribution < 1.29 is 34.7 Å². The molecule has 1 aliphatic rings. The summed E-state index contributed by atoms with van der Waals surface area (Å²) in [5.41, 5.74) is 0. The van der Waals surface area contributed by atoms with Gasteiger partial charge in [-0.2, -0.15) is 0 Å². The second kappa shape index (κ2) is 6.44. The van der Waals surface area contributed by atoms with E-state index < -0.39 is 0 Å². The molecule has 0 amide bonds. The average Bonchev–Trinajstić information content (AvgIpc) is 2.05. The first-order valence-corrected chi connectivity index (χ1v) is 4.21. The van der Waals surface area contributed by atoms with Crippen LogP contribution in [0, 0.1) is 5.92 Å². The van der Waals surface area contributed by atoms with Crippen molar-refractivity contribution in [3.63, 3.8) is 0 Å². The fourth-order valence-electron chi connectivity index (χ4n) is 1.53. The zero-order chi connectivity index (χ0) is 7.40. The van der Waals surface area contributed by atoms with Gasteiger partial charge in [-0.15, -0.1) is 6.10 Å². The number of rotatable bonds is 2. The topological polar surface area (TPSA) is 35.1 Å². The minimum atomic E-state index is -0.326. The molecule has 60 valence electrons. The first kappa shape index (κ1) is 11.9. The van der Waals surface area contributed by atoms with Crippen LogP contribution in [-0.4, -0.2) is 19.2 Å². The van der Waals surface area contributed by atoms with Gasteiger partial charge in [0.1, 0.15) is 0 Å². The quantitative estimate of drug-likeness (QED) is 0.446. The Bertz CT molecular complexity index is 94.1. The Morgan fingerprint density at radius 2 is 2.36 bits per heavy atom. The van der Waals surface area contributed by atoms with Crippen LogP contribution in [0.15, 0.2) is 0 Å². The van der Waals surface area contributed by atoms with Gasteiger partial charge in [-0.25, -0.2) is 0 Å². The Labute approximate surface area is 91.0 Å². The predicted octanol–water partition coefficient (Wildman–Crippen LogP) is -2.87. The van der Waals surface area contributed by atoms with Gasteiger partial charge in [0.05, 0.1) is 0 Å². The summed E-state index contributed by atoms with van der Waals surface area (Å²) in [6, 6.07) is 0. The molecule has 0 aliphatic carbocycles. The molecule has 0 bridgehead atoms. The van der Waals surface area contributed by atoms with Crippen molar-refractivity contribution in [1.82, 2.24) is 5.32 Å². The molecule has 1 rings (SSSR count). The molecule has 3 heteroatoms. The molecule has 2 unspecified atom stereocenters. The number of hydrogen-bond acceptors (Lipinski definition) is 2. The molecule has 0 aromatic heterocycles. The predicted molar refractivity (Wildman–Crippen MR) is 39.7 cm³/mol. The smallest absolute Gasteiger partial charge is 0.852 e. The van der Waals surface area contributed by atoms with E-state index in [1.165, 1.54) is 6.42 Å². The van der Waals surface area contributed by atoms with Gasteiger partial charge in [-0.05, 0) is 31.8 Å². The minimum Gasteiger partial charge on any atom is -0.852 e. The Morgan fingerprint density at radius 3 is 2.82 bits per heavy atom. The average molecular weight is 165 g/mol. The molecule has 1 saturated heterocycles. The molecular formula is C8H16NNaO. The normalized spacial score (nSPS) is 27.3. The Morgan fingerprint density at radius 1 is 1.64 bits per heavy atom. The van der Waals surface area contributed by atoms with Crippen molar-refractivity contribution >= 4 is 0 Å². The van der Waals surface area contributed by atoms with Crippen LogP contribution < -0.4 is 40.0 Å². The van der Waals surface area contributed by atoms with Gasteiger partial charge in [0, 0.05) is 0 Å². The number of hydrogen-bond donors (Lipinski definition) is 1. The fourth-order valence-corrected chi connectivity index (χ4v) is 1.53. The van der Waals surface area contributed by atoms with E-state index in [4.69, 9.17) is 0 Å². The molecule has 0 aromatic rings. The summed E-state index contributed by atoms with van der Waals surface area (Å²) in [6.07, 6.45) is 2.78. The van der Waals surface area contributed by atoms with Crippen LogP contribution in [-0.2, 0) is 0 Å². The van der Waals surface area contributed by atoms with Crippen LogP contribution in [0.25, 0.3) is 0 Å². The third kappa shape index (κ3) is 3.90. The maximum Gasteiger partial charge on any atom is 1.00 e. The minimum absolute atomic E-state index is 0. The Hall–Kier alpha value is 0.920. The van der Waals surface area contributed by atoms with Gasteiger partial charge in [-0.3, -0.25) is 0 Å². The molecule has 1 heterocycles. The molecular weight excluding hydrogens is 149 g/mol. The first-order valence-electron chi connectivity index (χ1n) is 4.21. The van der Waals surface area contributed by atoms with E-state index in [1.807, 2.05) is 6.92 Å². The van der Waals surface area contributed by atoms with Gasteiger partial charge in [0.25, 0.3) is 0 Å². The van der Waals surface area contributed by atoms with E-state index in [-0.39, 0.29) is 35.7 Å². The third-order valence-corrected chi connectivity index (χ3v) is 2.26. The molecule has 11 heavy (non-hydrogen) atoms. The van der Waals surface area contributed by atoms with Crippen molar-refractivity contribution in [2.24, 2.45) is 5.92 Å². The van der Waals surface area contributed by atoms with Crippen LogP contribution >= 0.6 is 0 Å². The molecule has 0 spiro atoms. The summed E-state index contributed by atoms with van der Waals surface area (Å²) in [7, 11) is 0. The summed E-state index contributed by atoms with van der Waals surface area (Å²) in [4.78, 5) is 0. The summed E-state index contributed by atoms with van der Waals surface area (Å²) >= 11 is 0. The summed E-state index contributed by atoms with van der Waals surface area (Å²) < 4.78 is 0. The summed E-state index contributed by atoms with van der Waals surface area (Å²) in [6.45, 7) is 4.03. The standard InChI is InChI=1S/C8H16NO.Na/c1-2-8(10)7-4-3-5-9-6-7;/h7-9H,2-6H2,1H3;/q-1;+1. The summed E-state index contributed by atoms with van der Waals surface area (Å²) in [5.74, 6) is 0.402. The SMILES string of the molecule is CCC([O-])C1CCCNC1.[Na+]. The number of nitrogens with one attached hydrogen (secondary N) is 1. The van der Waals surface area contributed by atoms with Crippen molar-refractivity contribution in [3.8, 4) is 0 Å². The van der Waals surface area contributed by atoms with Gasteiger partial charge >= 0.3 is 29.6 Å². The largest absolute Gasteiger partial charge is 1.00 e. The second-order valence-electron chi connectivity index (χ2n) is 3.05. The number of piperidine rings is 1. The van der Waals surface area contributed by atoms with Crippen LogP contribution in [0.5, 0.6) is 0 Å². The Kier molecular flexibility index (Phi) is 6.98. The van der Waals surface area contributed by atoms with Gasteiger partial charge < -0.3 is 10.4 Å². The van der Waals surface area contributed by atoms with E-state index in [1.54, 1.807) is 0 Å². The van der Waals surface area contributed by atoms with E-state index in [9.17, 15) is 5.11 Å². The van der Waals surface area contributed by atoms with E-state index in [0.29, 0.717) is 5.92 Å². The van der Waals surface area contributed by atoms with Crippen LogP contribution in [0.2, 0.25) is 0 Å². The molecule has 0 saturated carbocycles. The van der Waals surface area contributed by atoms with Crippen LogP contribution in [0.4, 0.5) is 0 Å². The molecule has 2 nitrogen and oxygen atoms in total.